The lowest BCUT2D eigenvalue weighted by Crippen LogP contribution is -2.43. The molecule has 1 saturated heterocycles. The van der Waals surface area contributed by atoms with Crippen molar-refractivity contribution in [3.8, 4) is 0 Å². The molecule has 29 heavy (non-hydrogen) atoms. The van der Waals surface area contributed by atoms with Crippen LogP contribution in [-0.4, -0.2) is 59.2 Å². The van der Waals surface area contributed by atoms with Gasteiger partial charge in [-0.25, -0.2) is 9.59 Å². The predicted molar refractivity (Wildman–Crippen MR) is 114 cm³/mol. The van der Waals surface area contributed by atoms with Crippen LogP contribution in [-0.2, 0) is 14.3 Å². The molecule has 7 nitrogen and oxygen atoms in total. The summed E-state index contributed by atoms with van der Waals surface area (Å²) >= 11 is 1.47. The van der Waals surface area contributed by atoms with Crippen LogP contribution in [0.15, 0.2) is 24.3 Å². The van der Waals surface area contributed by atoms with Gasteiger partial charge >= 0.3 is 12.1 Å². The van der Waals surface area contributed by atoms with Gasteiger partial charge < -0.3 is 19.7 Å². The number of amides is 2. The quantitative estimate of drug-likeness (QED) is 0.724. The molecule has 1 aliphatic rings. The maximum atomic E-state index is 12.4. The number of rotatable bonds is 5. The van der Waals surface area contributed by atoms with Crippen molar-refractivity contribution in [3.05, 3.63) is 29.8 Å². The van der Waals surface area contributed by atoms with Crippen molar-refractivity contribution in [1.29, 1.82) is 0 Å². The highest BCUT2D eigenvalue weighted by Crippen LogP contribution is 2.19. The van der Waals surface area contributed by atoms with Gasteiger partial charge in [0.1, 0.15) is 11.7 Å². The molecule has 1 aromatic rings. The summed E-state index contributed by atoms with van der Waals surface area (Å²) in [7, 11) is 0. The van der Waals surface area contributed by atoms with Crippen molar-refractivity contribution in [2.24, 2.45) is 0 Å². The Morgan fingerprint density at radius 1 is 1.14 bits per heavy atom. The number of hydrogen-bond acceptors (Lipinski definition) is 6. The normalized spacial score (nSPS) is 16.1. The van der Waals surface area contributed by atoms with Gasteiger partial charge in [0.15, 0.2) is 0 Å². The Labute approximate surface area is 176 Å². The van der Waals surface area contributed by atoms with Crippen LogP contribution in [0, 0.1) is 0 Å². The Kier molecular flexibility index (Phi) is 7.96. The van der Waals surface area contributed by atoms with E-state index in [4.69, 9.17) is 9.47 Å². The third-order valence-corrected chi connectivity index (χ3v) is 5.40. The van der Waals surface area contributed by atoms with Gasteiger partial charge in [0.05, 0.1) is 10.8 Å². The zero-order valence-electron chi connectivity index (χ0n) is 17.7. The average Bonchev–Trinajstić information content (AvgIpc) is 2.67. The Bertz CT molecular complexity index is 722. The summed E-state index contributed by atoms with van der Waals surface area (Å²) in [5, 5.41) is 2.66. The Morgan fingerprint density at radius 3 is 2.24 bits per heavy atom. The summed E-state index contributed by atoms with van der Waals surface area (Å²) in [5.74, 6) is -0.486. The first-order valence-electron chi connectivity index (χ1n) is 9.71. The number of hydrogen-bond donors (Lipinski definition) is 1. The van der Waals surface area contributed by atoms with Crippen molar-refractivity contribution in [3.63, 3.8) is 0 Å². The fraction of sp³-hybridized carbons (Fsp3) is 0.571. The molecule has 2 rings (SSSR count). The zero-order chi connectivity index (χ0) is 21.6. The van der Waals surface area contributed by atoms with Crippen LogP contribution in [0.3, 0.4) is 0 Å². The molecule has 8 heteroatoms. The van der Waals surface area contributed by atoms with Crippen LogP contribution in [0.5, 0.6) is 0 Å². The molecule has 160 valence electrons. The second-order valence-corrected chi connectivity index (χ2v) is 9.20. The zero-order valence-corrected chi connectivity index (χ0v) is 18.5. The average molecular weight is 423 g/mol. The first kappa shape index (κ1) is 23.1. The highest BCUT2D eigenvalue weighted by Gasteiger charge is 2.28. The fourth-order valence-corrected chi connectivity index (χ4v) is 3.02. The Morgan fingerprint density at radius 2 is 1.72 bits per heavy atom. The van der Waals surface area contributed by atoms with Crippen molar-refractivity contribution in [2.75, 3.05) is 24.7 Å². The number of anilines is 1. The van der Waals surface area contributed by atoms with E-state index < -0.39 is 11.6 Å². The molecule has 1 aliphatic heterocycles. The molecule has 1 N–H and O–H groups in total. The number of carbonyl (C=O) groups is 3. The summed E-state index contributed by atoms with van der Waals surface area (Å²) in [4.78, 5) is 38.0. The molecular formula is C21H30N2O5S. The number of thioether (sulfide) groups is 1. The first-order valence-corrected chi connectivity index (χ1v) is 11.0. The van der Waals surface area contributed by atoms with Gasteiger partial charge in [-0.05, 0) is 58.2 Å². The van der Waals surface area contributed by atoms with Crippen LogP contribution in [0.4, 0.5) is 10.5 Å². The van der Waals surface area contributed by atoms with E-state index in [0.717, 1.165) is 0 Å². The molecule has 1 atom stereocenters. The number of benzene rings is 1. The van der Waals surface area contributed by atoms with E-state index in [-0.39, 0.29) is 23.4 Å². The lowest BCUT2D eigenvalue weighted by atomic mass is 10.1. The third kappa shape index (κ3) is 7.27. The molecule has 1 fully saturated rings. The highest BCUT2D eigenvalue weighted by atomic mass is 32.2. The van der Waals surface area contributed by atoms with Crippen molar-refractivity contribution < 1.29 is 23.9 Å². The molecule has 0 saturated carbocycles. The van der Waals surface area contributed by atoms with Crippen molar-refractivity contribution in [1.82, 2.24) is 4.90 Å². The fourth-order valence-electron chi connectivity index (χ4n) is 2.74. The molecule has 1 heterocycles. The molecule has 0 radical (unpaired) electrons. The van der Waals surface area contributed by atoms with Gasteiger partial charge in [0.25, 0.3) is 0 Å². The van der Waals surface area contributed by atoms with E-state index in [1.807, 2.05) is 34.0 Å². The second kappa shape index (κ2) is 10.0. The van der Waals surface area contributed by atoms with Gasteiger partial charge in [-0.15, -0.1) is 0 Å². The molecule has 0 aliphatic carbocycles. The first-order chi connectivity index (χ1) is 13.6. The smallest absolute Gasteiger partial charge is 0.410 e. The summed E-state index contributed by atoms with van der Waals surface area (Å²) in [6.45, 7) is 8.31. The third-order valence-electron chi connectivity index (χ3n) is 4.48. The molecule has 1 aromatic carbocycles. The van der Waals surface area contributed by atoms with E-state index in [1.165, 1.54) is 11.8 Å². The SMILES string of the molecule is CSC(C)C(=O)Nc1ccc(C(=O)OC2CCN(C(=O)OC(C)(C)C)CC2)cc1. The lowest BCUT2D eigenvalue weighted by molar-refractivity contribution is -0.115. The number of nitrogens with one attached hydrogen (secondary N) is 1. The standard InChI is InChI=1S/C21H30N2O5S/c1-14(29-5)18(24)22-16-8-6-15(7-9-16)19(25)27-17-10-12-23(13-11-17)20(26)28-21(2,3)4/h6-9,14,17H,10-13H2,1-5H3,(H,22,24). The van der Waals surface area contributed by atoms with Crippen LogP contribution in [0.1, 0.15) is 50.9 Å². The minimum Gasteiger partial charge on any atom is -0.459 e. The lowest BCUT2D eigenvalue weighted by Gasteiger charge is -2.33. The summed E-state index contributed by atoms with van der Waals surface area (Å²) in [5.41, 5.74) is 0.535. The number of nitrogens with zero attached hydrogens (tertiary/aromatic N) is 1. The maximum absolute atomic E-state index is 12.4. The largest absolute Gasteiger partial charge is 0.459 e. The Balaban J connectivity index is 1.82. The van der Waals surface area contributed by atoms with Crippen molar-refractivity contribution >= 4 is 35.4 Å². The summed E-state index contributed by atoms with van der Waals surface area (Å²) < 4.78 is 10.9. The van der Waals surface area contributed by atoms with E-state index in [0.29, 0.717) is 37.2 Å². The number of carbonyl (C=O) groups excluding carboxylic acids is 3. The molecule has 1 unspecified atom stereocenters. The van der Waals surface area contributed by atoms with E-state index >= 15 is 0 Å². The molecule has 0 bridgehead atoms. The summed E-state index contributed by atoms with van der Waals surface area (Å²) in [6.07, 6.45) is 2.46. The molecular weight excluding hydrogens is 392 g/mol. The topological polar surface area (TPSA) is 84.9 Å². The van der Waals surface area contributed by atoms with Gasteiger partial charge in [-0.2, -0.15) is 11.8 Å². The van der Waals surface area contributed by atoms with Crippen LogP contribution < -0.4 is 5.32 Å². The van der Waals surface area contributed by atoms with Gasteiger partial charge in [0.2, 0.25) is 5.91 Å². The Hall–Kier alpha value is -2.22. The maximum Gasteiger partial charge on any atom is 0.410 e. The number of esters is 1. The number of likely N-dealkylation sites (tertiary alicyclic amines) is 1. The van der Waals surface area contributed by atoms with E-state index in [1.54, 1.807) is 29.2 Å². The van der Waals surface area contributed by atoms with Crippen molar-refractivity contribution in [2.45, 2.75) is 57.5 Å². The number of ether oxygens (including phenoxy) is 2. The minimum atomic E-state index is -0.528. The predicted octanol–water partition coefficient (Wildman–Crippen LogP) is 3.93. The minimum absolute atomic E-state index is 0.0791. The van der Waals surface area contributed by atoms with E-state index in [2.05, 4.69) is 5.32 Å². The number of piperidine rings is 1. The van der Waals surface area contributed by atoms with Gasteiger partial charge in [-0.3, -0.25) is 4.79 Å². The molecule has 2 amide bonds. The van der Waals surface area contributed by atoms with Gasteiger partial charge in [0, 0.05) is 31.6 Å². The van der Waals surface area contributed by atoms with Crippen LogP contribution in [0.2, 0.25) is 0 Å². The van der Waals surface area contributed by atoms with Crippen LogP contribution in [0.25, 0.3) is 0 Å². The highest BCUT2D eigenvalue weighted by molar-refractivity contribution is 7.99. The van der Waals surface area contributed by atoms with Gasteiger partial charge in [-0.1, -0.05) is 0 Å². The monoisotopic (exact) mass is 422 g/mol. The van der Waals surface area contributed by atoms with Crippen LogP contribution >= 0.6 is 11.8 Å². The summed E-state index contributed by atoms with van der Waals surface area (Å²) in [6, 6.07) is 6.65. The molecule has 0 aromatic heterocycles. The van der Waals surface area contributed by atoms with E-state index in [9.17, 15) is 14.4 Å². The molecule has 0 spiro atoms. The second-order valence-electron chi connectivity index (χ2n) is 8.02.